The van der Waals surface area contributed by atoms with Crippen molar-refractivity contribution in [3.05, 3.63) is 58.5 Å². The summed E-state index contributed by atoms with van der Waals surface area (Å²) in [5.41, 5.74) is 10.7. The number of aromatic nitrogens is 1. The van der Waals surface area contributed by atoms with Gasteiger partial charge in [0.15, 0.2) is 0 Å². The predicted octanol–water partition coefficient (Wildman–Crippen LogP) is 4.25. The average molecular weight is 310 g/mol. The van der Waals surface area contributed by atoms with Gasteiger partial charge in [0.1, 0.15) is 5.82 Å². The van der Waals surface area contributed by atoms with Gasteiger partial charge in [0.05, 0.1) is 0 Å². The Bertz CT molecular complexity index is 925. The van der Waals surface area contributed by atoms with E-state index in [1.807, 2.05) is 39.0 Å². The molecule has 2 aromatic carbocycles. The van der Waals surface area contributed by atoms with Gasteiger partial charge in [-0.25, -0.2) is 4.39 Å². The summed E-state index contributed by atoms with van der Waals surface area (Å²) in [5, 5.41) is 0.986. The number of amides is 1. The predicted molar refractivity (Wildman–Crippen MR) is 91.1 cm³/mol. The fraction of sp³-hybridized carbons (Fsp3) is 0.211. The summed E-state index contributed by atoms with van der Waals surface area (Å²) >= 11 is 0. The third-order valence-electron chi connectivity index (χ3n) is 4.35. The number of nitrogens with one attached hydrogen (secondary N) is 1. The van der Waals surface area contributed by atoms with Crippen LogP contribution < -0.4 is 5.73 Å². The molecule has 4 heteroatoms. The van der Waals surface area contributed by atoms with Crippen LogP contribution in [-0.4, -0.2) is 10.9 Å². The van der Waals surface area contributed by atoms with Crippen molar-refractivity contribution in [1.29, 1.82) is 0 Å². The van der Waals surface area contributed by atoms with Crippen LogP contribution in [0.2, 0.25) is 0 Å². The van der Waals surface area contributed by atoms with Crippen molar-refractivity contribution in [1.82, 2.24) is 4.98 Å². The first-order valence-electron chi connectivity index (χ1n) is 7.65. The maximum Gasteiger partial charge on any atom is 0.249 e. The highest BCUT2D eigenvalue weighted by atomic mass is 19.1. The van der Waals surface area contributed by atoms with Crippen LogP contribution in [0.1, 0.15) is 34.1 Å². The highest BCUT2D eigenvalue weighted by molar-refractivity contribution is 6.03. The number of fused-ring (bicyclic) bond motifs is 1. The van der Waals surface area contributed by atoms with Crippen molar-refractivity contribution in [2.75, 3.05) is 0 Å². The van der Waals surface area contributed by atoms with Crippen LogP contribution in [0.5, 0.6) is 0 Å². The van der Waals surface area contributed by atoms with Gasteiger partial charge in [-0.05, 0) is 49.6 Å². The van der Waals surface area contributed by atoms with E-state index in [0.717, 1.165) is 27.7 Å². The number of H-pyrrole nitrogens is 1. The molecule has 1 amide bonds. The summed E-state index contributed by atoms with van der Waals surface area (Å²) in [7, 11) is 0. The van der Waals surface area contributed by atoms with Gasteiger partial charge in [-0.1, -0.05) is 19.1 Å². The highest BCUT2D eigenvalue weighted by Crippen LogP contribution is 2.38. The Morgan fingerprint density at radius 3 is 2.57 bits per heavy atom. The van der Waals surface area contributed by atoms with Gasteiger partial charge in [0, 0.05) is 33.3 Å². The molecule has 0 aliphatic rings. The molecule has 0 saturated carbocycles. The molecule has 1 aromatic heterocycles. The highest BCUT2D eigenvalue weighted by Gasteiger charge is 2.22. The maximum absolute atomic E-state index is 14.7. The molecule has 3 rings (SSSR count). The van der Waals surface area contributed by atoms with E-state index in [-0.39, 0.29) is 5.82 Å². The lowest BCUT2D eigenvalue weighted by molar-refractivity contribution is 0.0999. The van der Waals surface area contributed by atoms with Gasteiger partial charge < -0.3 is 10.7 Å². The molecule has 0 unspecified atom stereocenters. The molecule has 23 heavy (non-hydrogen) atoms. The zero-order valence-electron chi connectivity index (χ0n) is 13.5. The molecule has 0 aliphatic heterocycles. The minimum absolute atomic E-state index is 0.334. The summed E-state index contributed by atoms with van der Waals surface area (Å²) in [6.45, 7) is 5.83. The number of aryl methyl sites for hydroxylation is 2. The molecule has 1 heterocycles. The van der Waals surface area contributed by atoms with Gasteiger partial charge in [0.2, 0.25) is 5.91 Å². The van der Waals surface area contributed by atoms with Crippen LogP contribution in [0, 0.1) is 19.7 Å². The molecule has 118 valence electrons. The molecule has 0 fully saturated rings. The van der Waals surface area contributed by atoms with Crippen molar-refractivity contribution in [3.8, 4) is 11.1 Å². The smallest absolute Gasteiger partial charge is 0.249 e. The van der Waals surface area contributed by atoms with Gasteiger partial charge in [-0.3, -0.25) is 4.79 Å². The van der Waals surface area contributed by atoms with E-state index in [4.69, 9.17) is 5.73 Å². The fourth-order valence-corrected chi connectivity index (χ4v) is 3.36. The van der Waals surface area contributed by atoms with Crippen molar-refractivity contribution >= 4 is 16.8 Å². The second kappa shape index (κ2) is 5.54. The number of carbonyl (C=O) groups excluding carboxylic acids is 1. The number of halogens is 1. The number of aromatic amines is 1. The summed E-state index contributed by atoms with van der Waals surface area (Å²) in [6, 6.07) is 8.73. The molecule has 0 radical (unpaired) electrons. The molecule has 0 bridgehead atoms. The van der Waals surface area contributed by atoms with E-state index in [9.17, 15) is 9.18 Å². The lowest BCUT2D eigenvalue weighted by Gasteiger charge is -2.14. The van der Waals surface area contributed by atoms with Crippen LogP contribution in [-0.2, 0) is 6.42 Å². The van der Waals surface area contributed by atoms with Crippen molar-refractivity contribution < 1.29 is 9.18 Å². The minimum Gasteiger partial charge on any atom is -0.366 e. The topological polar surface area (TPSA) is 58.9 Å². The quantitative estimate of drug-likeness (QED) is 0.746. The SMILES string of the molecule is CCc1c(C(N)=O)ccc(F)c1-c1c(C)[nH]c2cccc(C)c12. The molecule has 0 spiro atoms. The molecular weight excluding hydrogens is 291 g/mol. The van der Waals surface area contributed by atoms with Crippen LogP contribution in [0.15, 0.2) is 30.3 Å². The first kappa shape index (κ1) is 15.3. The van der Waals surface area contributed by atoms with E-state index >= 15 is 0 Å². The molecular formula is C19H19FN2O. The third kappa shape index (κ3) is 2.31. The maximum atomic E-state index is 14.7. The third-order valence-corrected chi connectivity index (χ3v) is 4.35. The fourth-order valence-electron chi connectivity index (χ4n) is 3.36. The zero-order valence-corrected chi connectivity index (χ0v) is 13.5. The van der Waals surface area contributed by atoms with E-state index in [1.165, 1.54) is 12.1 Å². The molecule has 0 aliphatic carbocycles. The van der Waals surface area contributed by atoms with Crippen molar-refractivity contribution in [3.63, 3.8) is 0 Å². The number of carbonyl (C=O) groups is 1. The molecule has 3 aromatic rings. The Labute approximate surface area is 134 Å². The second-order valence-electron chi connectivity index (χ2n) is 5.79. The Morgan fingerprint density at radius 1 is 1.17 bits per heavy atom. The van der Waals surface area contributed by atoms with Crippen LogP contribution in [0.3, 0.4) is 0 Å². The van der Waals surface area contributed by atoms with Crippen LogP contribution in [0.25, 0.3) is 22.0 Å². The number of benzene rings is 2. The Balaban J connectivity index is 2.47. The molecule has 0 saturated heterocycles. The minimum atomic E-state index is -0.530. The molecule has 3 nitrogen and oxygen atoms in total. The van der Waals surface area contributed by atoms with Gasteiger partial charge in [-0.2, -0.15) is 0 Å². The standard InChI is InChI=1S/C19H19FN2O/c1-4-12-13(19(21)23)8-9-14(20)18(12)17-11(3)22-15-7-5-6-10(2)16(15)17/h5-9,22H,4H2,1-3H3,(H2,21,23). The second-order valence-corrected chi connectivity index (χ2v) is 5.79. The van der Waals surface area contributed by atoms with Gasteiger partial charge in [-0.15, -0.1) is 0 Å². The van der Waals surface area contributed by atoms with E-state index in [0.29, 0.717) is 23.1 Å². The number of hydrogen-bond donors (Lipinski definition) is 2. The lowest BCUT2D eigenvalue weighted by atomic mass is 9.90. The largest absolute Gasteiger partial charge is 0.366 e. The first-order chi connectivity index (χ1) is 11.0. The Kier molecular flexibility index (Phi) is 3.68. The van der Waals surface area contributed by atoms with Gasteiger partial charge in [0.25, 0.3) is 0 Å². The van der Waals surface area contributed by atoms with E-state index in [2.05, 4.69) is 4.98 Å². The Hall–Kier alpha value is -2.62. The summed E-state index contributed by atoms with van der Waals surface area (Å²) in [5.74, 6) is -0.864. The lowest BCUT2D eigenvalue weighted by Crippen LogP contribution is -2.15. The van der Waals surface area contributed by atoms with Crippen LogP contribution in [0.4, 0.5) is 4.39 Å². The summed E-state index contributed by atoms with van der Waals surface area (Å²) in [4.78, 5) is 15.0. The monoisotopic (exact) mass is 310 g/mol. The Morgan fingerprint density at radius 2 is 1.91 bits per heavy atom. The normalized spacial score (nSPS) is 11.1. The van der Waals surface area contributed by atoms with Crippen molar-refractivity contribution in [2.45, 2.75) is 27.2 Å². The first-order valence-corrected chi connectivity index (χ1v) is 7.65. The number of rotatable bonds is 3. The van der Waals surface area contributed by atoms with Gasteiger partial charge >= 0.3 is 0 Å². The average Bonchev–Trinajstić information content (AvgIpc) is 2.83. The number of primary amides is 1. The van der Waals surface area contributed by atoms with Crippen LogP contribution >= 0.6 is 0 Å². The summed E-state index contributed by atoms with van der Waals surface area (Å²) in [6.07, 6.45) is 0.531. The summed E-state index contributed by atoms with van der Waals surface area (Å²) < 4.78 is 14.7. The number of hydrogen-bond acceptors (Lipinski definition) is 1. The molecule has 3 N–H and O–H groups in total. The van der Waals surface area contributed by atoms with Crippen molar-refractivity contribution in [2.24, 2.45) is 5.73 Å². The van der Waals surface area contributed by atoms with E-state index in [1.54, 1.807) is 0 Å². The van der Waals surface area contributed by atoms with E-state index < -0.39 is 5.91 Å². The molecule has 0 atom stereocenters. The zero-order chi connectivity index (χ0) is 16.7. The number of nitrogens with two attached hydrogens (primary N) is 1.